The molecule has 0 saturated heterocycles. The van der Waals surface area contributed by atoms with E-state index in [2.05, 4.69) is 4.98 Å². The number of halogens is 1. The minimum atomic E-state index is -0.297. The lowest BCUT2D eigenvalue weighted by Crippen LogP contribution is -1.90. The number of fused-ring (bicyclic) bond motifs is 1. The van der Waals surface area contributed by atoms with Gasteiger partial charge in [-0.15, -0.1) is 0 Å². The summed E-state index contributed by atoms with van der Waals surface area (Å²) in [6, 6.07) is 8.58. The number of hydrogen-bond acceptors (Lipinski definition) is 3. The van der Waals surface area contributed by atoms with Gasteiger partial charge in [0.15, 0.2) is 11.5 Å². The Morgan fingerprint density at radius 3 is 2.55 bits per heavy atom. The van der Waals surface area contributed by atoms with Crippen LogP contribution < -0.4 is 9.47 Å². The quantitative estimate of drug-likeness (QED) is 0.734. The number of hydrogen-bond donors (Lipinski definition) is 0. The van der Waals surface area contributed by atoms with Crippen LogP contribution in [0.1, 0.15) is 0 Å². The molecule has 0 atom stereocenters. The summed E-state index contributed by atoms with van der Waals surface area (Å²) in [5, 5.41) is 0. The van der Waals surface area contributed by atoms with E-state index in [0.717, 1.165) is 11.3 Å². The molecule has 0 aliphatic heterocycles. The van der Waals surface area contributed by atoms with E-state index in [9.17, 15) is 4.39 Å². The second-order valence-corrected chi connectivity index (χ2v) is 4.31. The Morgan fingerprint density at radius 1 is 1.00 bits per heavy atom. The Bertz CT molecular complexity index is 768. The van der Waals surface area contributed by atoms with Crippen molar-refractivity contribution in [2.45, 2.75) is 0 Å². The predicted octanol–water partition coefficient (Wildman–Crippen LogP) is 3.16. The second-order valence-electron chi connectivity index (χ2n) is 4.31. The smallest absolute Gasteiger partial charge is 0.161 e. The fourth-order valence-electron chi connectivity index (χ4n) is 2.10. The summed E-state index contributed by atoms with van der Waals surface area (Å²) in [6.45, 7) is 0. The zero-order chi connectivity index (χ0) is 14.1. The molecule has 0 radical (unpaired) electrons. The van der Waals surface area contributed by atoms with Gasteiger partial charge in [-0.05, 0) is 30.3 Å². The van der Waals surface area contributed by atoms with Gasteiger partial charge in [-0.2, -0.15) is 0 Å². The van der Waals surface area contributed by atoms with E-state index in [1.807, 2.05) is 18.2 Å². The number of nitrogens with zero attached hydrogens (tertiary/aromatic N) is 2. The molecule has 2 aromatic heterocycles. The molecule has 4 nitrogen and oxygen atoms in total. The standard InChI is InChI=1S/C15H13FN2O2/c1-19-13-5-3-10(7-14(13)20-2)12-9-18-8-11(16)4-6-15(18)17-12/h3-9H,1-2H3. The first-order valence-electron chi connectivity index (χ1n) is 6.08. The zero-order valence-electron chi connectivity index (χ0n) is 11.1. The third-order valence-corrected chi connectivity index (χ3v) is 3.09. The molecule has 0 aliphatic carbocycles. The average Bonchev–Trinajstić information content (AvgIpc) is 2.89. The average molecular weight is 272 g/mol. The van der Waals surface area contributed by atoms with Gasteiger partial charge in [0.1, 0.15) is 11.5 Å². The van der Waals surface area contributed by atoms with Crippen LogP contribution in [0.15, 0.2) is 42.7 Å². The van der Waals surface area contributed by atoms with Crippen molar-refractivity contribution in [1.29, 1.82) is 0 Å². The van der Waals surface area contributed by atoms with Crippen LogP contribution in [0, 0.1) is 5.82 Å². The first-order chi connectivity index (χ1) is 9.71. The summed E-state index contributed by atoms with van der Waals surface area (Å²) in [6.07, 6.45) is 3.17. The highest BCUT2D eigenvalue weighted by Crippen LogP contribution is 2.31. The number of pyridine rings is 1. The molecule has 0 aliphatic rings. The van der Waals surface area contributed by atoms with Gasteiger partial charge < -0.3 is 13.9 Å². The van der Waals surface area contributed by atoms with Crippen molar-refractivity contribution in [2.24, 2.45) is 0 Å². The van der Waals surface area contributed by atoms with E-state index in [1.54, 1.807) is 30.9 Å². The summed E-state index contributed by atoms with van der Waals surface area (Å²) in [4.78, 5) is 4.45. The molecule has 0 unspecified atom stereocenters. The molecule has 5 heteroatoms. The normalized spacial score (nSPS) is 10.8. The monoisotopic (exact) mass is 272 g/mol. The molecule has 0 N–H and O–H groups in total. The number of aromatic nitrogens is 2. The Morgan fingerprint density at radius 2 is 1.80 bits per heavy atom. The van der Waals surface area contributed by atoms with Crippen LogP contribution in [0.3, 0.4) is 0 Å². The van der Waals surface area contributed by atoms with Crippen LogP contribution in [0.5, 0.6) is 11.5 Å². The number of methoxy groups -OCH3 is 2. The number of rotatable bonds is 3. The molecule has 0 spiro atoms. The molecule has 0 amide bonds. The lowest BCUT2D eigenvalue weighted by Gasteiger charge is -2.08. The van der Waals surface area contributed by atoms with Gasteiger partial charge in [0.05, 0.1) is 19.9 Å². The molecular formula is C15H13FN2O2. The highest BCUT2D eigenvalue weighted by atomic mass is 19.1. The van der Waals surface area contributed by atoms with E-state index >= 15 is 0 Å². The zero-order valence-corrected chi connectivity index (χ0v) is 11.1. The maximum Gasteiger partial charge on any atom is 0.161 e. The van der Waals surface area contributed by atoms with E-state index in [0.29, 0.717) is 17.1 Å². The Balaban J connectivity index is 2.10. The molecule has 1 aromatic carbocycles. The van der Waals surface area contributed by atoms with Crippen molar-refractivity contribution in [2.75, 3.05) is 14.2 Å². The van der Waals surface area contributed by atoms with Crippen LogP contribution in [0.25, 0.3) is 16.9 Å². The van der Waals surface area contributed by atoms with Crippen molar-refractivity contribution >= 4 is 5.65 Å². The van der Waals surface area contributed by atoms with Gasteiger partial charge in [-0.3, -0.25) is 0 Å². The molecule has 2 heterocycles. The highest BCUT2D eigenvalue weighted by Gasteiger charge is 2.09. The lowest BCUT2D eigenvalue weighted by atomic mass is 10.1. The van der Waals surface area contributed by atoms with Crippen molar-refractivity contribution < 1.29 is 13.9 Å². The summed E-state index contributed by atoms with van der Waals surface area (Å²) in [5.74, 6) is 0.994. The van der Waals surface area contributed by atoms with E-state index in [4.69, 9.17) is 9.47 Å². The third kappa shape index (κ3) is 2.07. The van der Waals surface area contributed by atoms with Crippen LogP contribution in [0.4, 0.5) is 4.39 Å². The van der Waals surface area contributed by atoms with Crippen LogP contribution in [-0.2, 0) is 0 Å². The molecule has 0 fully saturated rings. The van der Waals surface area contributed by atoms with E-state index in [1.165, 1.54) is 12.3 Å². The van der Waals surface area contributed by atoms with Crippen LogP contribution in [0.2, 0.25) is 0 Å². The minimum absolute atomic E-state index is 0.297. The van der Waals surface area contributed by atoms with Gasteiger partial charge >= 0.3 is 0 Å². The van der Waals surface area contributed by atoms with Crippen molar-refractivity contribution in [1.82, 2.24) is 9.38 Å². The van der Waals surface area contributed by atoms with Crippen molar-refractivity contribution in [3.05, 3.63) is 48.5 Å². The van der Waals surface area contributed by atoms with Gasteiger partial charge in [-0.1, -0.05) is 0 Å². The predicted molar refractivity (Wildman–Crippen MR) is 73.7 cm³/mol. The Kier molecular flexibility index (Phi) is 3.02. The van der Waals surface area contributed by atoms with Crippen molar-refractivity contribution in [3.63, 3.8) is 0 Å². The lowest BCUT2D eigenvalue weighted by molar-refractivity contribution is 0.355. The fraction of sp³-hybridized carbons (Fsp3) is 0.133. The summed E-state index contributed by atoms with van der Waals surface area (Å²) in [7, 11) is 3.17. The maximum atomic E-state index is 13.2. The first kappa shape index (κ1) is 12.5. The topological polar surface area (TPSA) is 35.8 Å². The maximum absolute atomic E-state index is 13.2. The molecule has 0 bridgehead atoms. The molecule has 102 valence electrons. The van der Waals surface area contributed by atoms with Gasteiger partial charge in [0.25, 0.3) is 0 Å². The Hall–Kier alpha value is -2.56. The van der Waals surface area contributed by atoms with E-state index in [-0.39, 0.29) is 5.82 Å². The number of imidazole rings is 1. The van der Waals surface area contributed by atoms with Gasteiger partial charge in [0.2, 0.25) is 0 Å². The largest absolute Gasteiger partial charge is 0.493 e. The van der Waals surface area contributed by atoms with E-state index < -0.39 is 0 Å². The molecular weight excluding hydrogens is 259 g/mol. The molecule has 20 heavy (non-hydrogen) atoms. The summed E-state index contributed by atoms with van der Waals surface area (Å²) in [5.41, 5.74) is 2.32. The van der Waals surface area contributed by atoms with Crippen LogP contribution >= 0.6 is 0 Å². The summed E-state index contributed by atoms with van der Waals surface area (Å²) >= 11 is 0. The number of ether oxygens (including phenoxy) is 2. The molecule has 3 rings (SSSR count). The minimum Gasteiger partial charge on any atom is -0.493 e. The highest BCUT2D eigenvalue weighted by molar-refractivity contribution is 5.66. The third-order valence-electron chi connectivity index (χ3n) is 3.09. The fourth-order valence-corrected chi connectivity index (χ4v) is 2.10. The SMILES string of the molecule is COc1ccc(-c2cn3cc(F)ccc3n2)cc1OC. The van der Waals surface area contributed by atoms with Crippen molar-refractivity contribution in [3.8, 4) is 22.8 Å². The van der Waals surface area contributed by atoms with Crippen LogP contribution in [-0.4, -0.2) is 23.6 Å². The van der Waals surface area contributed by atoms with Gasteiger partial charge in [-0.25, -0.2) is 9.37 Å². The van der Waals surface area contributed by atoms with Gasteiger partial charge in [0, 0.05) is 18.0 Å². The summed E-state index contributed by atoms with van der Waals surface area (Å²) < 4.78 is 25.3. The second kappa shape index (κ2) is 4.85. The first-order valence-corrected chi connectivity index (χ1v) is 6.08. The molecule has 3 aromatic rings. The Labute approximate surface area is 115 Å². The molecule has 0 saturated carbocycles. The number of benzene rings is 1.